The second kappa shape index (κ2) is 4.35. The quantitative estimate of drug-likeness (QED) is 0.857. The molecule has 4 heteroatoms. The molecule has 84 valence electrons. The lowest BCUT2D eigenvalue weighted by atomic mass is 10.1. The zero-order valence-electron chi connectivity index (χ0n) is 9.13. The second-order valence-electron chi connectivity index (χ2n) is 3.80. The number of benzene rings is 1. The van der Waals surface area contributed by atoms with Gasteiger partial charge in [-0.25, -0.2) is 4.98 Å². The van der Waals surface area contributed by atoms with Crippen LogP contribution in [0, 0.1) is 0 Å². The molecule has 1 N–H and O–H groups in total. The summed E-state index contributed by atoms with van der Waals surface area (Å²) < 4.78 is 1.95. The van der Waals surface area contributed by atoms with Crippen LogP contribution in [0.5, 0.6) is 0 Å². The van der Waals surface area contributed by atoms with E-state index in [-0.39, 0.29) is 12.5 Å². The number of fused-ring (bicyclic) bond motifs is 1. The summed E-state index contributed by atoms with van der Waals surface area (Å²) in [6, 6.07) is 7.74. The third kappa shape index (κ3) is 1.91. The van der Waals surface area contributed by atoms with Gasteiger partial charge in [0.05, 0.1) is 23.8 Å². The Morgan fingerprint density at radius 1 is 1.50 bits per heavy atom. The highest BCUT2D eigenvalue weighted by molar-refractivity contribution is 5.75. The van der Waals surface area contributed by atoms with Crippen LogP contribution in [0.3, 0.4) is 0 Å². The second-order valence-corrected chi connectivity index (χ2v) is 3.80. The molecule has 0 aliphatic carbocycles. The maximum Gasteiger partial charge on any atom is 0.305 e. The average Bonchev–Trinajstić information content (AvgIpc) is 2.69. The lowest BCUT2D eigenvalue weighted by molar-refractivity contribution is -0.137. The first-order valence-corrected chi connectivity index (χ1v) is 5.35. The fraction of sp³-hybridized carbons (Fsp3) is 0.333. The molecule has 4 nitrogen and oxygen atoms in total. The van der Waals surface area contributed by atoms with Gasteiger partial charge in [0.2, 0.25) is 0 Å². The fourth-order valence-electron chi connectivity index (χ4n) is 1.91. The van der Waals surface area contributed by atoms with Crippen molar-refractivity contribution in [1.82, 2.24) is 9.55 Å². The summed E-state index contributed by atoms with van der Waals surface area (Å²) in [7, 11) is 0. The molecular weight excluding hydrogens is 204 g/mol. The van der Waals surface area contributed by atoms with Crippen molar-refractivity contribution < 1.29 is 9.90 Å². The van der Waals surface area contributed by atoms with Gasteiger partial charge in [0.1, 0.15) is 0 Å². The highest BCUT2D eigenvalue weighted by Crippen LogP contribution is 2.22. The van der Waals surface area contributed by atoms with E-state index in [9.17, 15) is 4.79 Å². The number of hydrogen-bond acceptors (Lipinski definition) is 2. The zero-order valence-corrected chi connectivity index (χ0v) is 9.13. The predicted molar refractivity (Wildman–Crippen MR) is 61.3 cm³/mol. The van der Waals surface area contributed by atoms with Gasteiger partial charge in [-0.15, -0.1) is 0 Å². The molecule has 1 atom stereocenters. The van der Waals surface area contributed by atoms with Crippen molar-refractivity contribution in [2.24, 2.45) is 0 Å². The van der Waals surface area contributed by atoms with E-state index >= 15 is 0 Å². The number of carboxylic acid groups (broad SMARTS) is 1. The molecule has 1 heterocycles. The summed E-state index contributed by atoms with van der Waals surface area (Å²) in [6.07, 6.45) is 2.64. The Hall–Kier alpha value is -1.84. The van der Waals surface area contributed by atoms with E-state index in [1.165, 1.54) is 0 Å². The third-order valence-corrected chi connectivity index (χ3v) is 2.76. The van der Waals surface area contributed by atoms with Crippen LogP contribution in [0.2, 0.25) is 0 Å². The number of carbonyl (C=O) groups is 1. The van der Waals surface area contributed by atoms with E-state index in [2.05, 4.69) is 4.98 Å². The number of aliphatic carboxylic acids is 1. The number of rotatable bonds is 4. The molecule has 0 amide bonds. The number of nitrogens with zero attached hydrogens (tertiary/aromatic N) is 2. The Balaban J connectivity index is 2.41. The minimum absolute atomic E-state index is 0.0232. The lowest BCUT2D eigenvalue weighted by Gasteiger charge is -2.15. The molecule has 1 aromatic heterocycles. The van der Waals surface area contributed by atoms with Crippen LogP contribution in [0.15, 0.2) is 30.6 Å². The minimum atomic E-state index is -0.773. The summed E-state index contributed by atoms with van der Waals surface area (Å²) in [5.41, 5.74) is 1.90. The molecule has 0 spiro atoms. The summed E-state index contributed by atoms with van der Waals surface area (Å²) in [5, 5.41) is 8.85. The average molecular weight is 218 g/mol. The van der Waals surface area contributed by atoms with Crippen LogP contribution < -0.4 is 0 Å². The maximum absolute atomic E-state index is 10.8. The van der Waals surface area contributed by atoms with Gasteiger partial charge in [0.25, 0.3) is 0 Å². The molecule has 1 aromatic carbocycles. The smallest absolute Gasteiger partial charge is 0.305 e. The minimum Gasteiger partial charge on any atom is -0.481 e. The highest BCUT2D eigenvalue weighted by Gasteiger charge is 2.15. The number of carboxylic acids is 1. The predicted octanol–water partition coefficient (Wildman–Crippen LogP) is 2.46. The Bertz CT molecular complexity index is 504. The van der Waals surface area contributed by atoms with Gasteiger partial charge in [-0.2, -0.15) is 0 Å². The highest BCUT2D eigenvalue weighted by atomic mass is 16.4. The normalized spacial score (nSPS) is 12.8. The Labute approximate surface area is 93.5 Å². The van der Waals surface area contributed by atoms with Crippen molar-refractivity contribution in [3.8, 4) is 0 Å². The van der Waals surface area contributed by atoms with Crippen LogP contribution in [-0.4, -0.2) is 20.6 Å². The van der Waals surface area contributed by atoms with Gasteiger partial charge >= 0.3 is 5.97 Å². The van der Waals surface area contributed by atoms with Crippen LogP contribution in [0.4, 0.5) is 0 Å². The van der Waals surface area contributed by atoms with E-state index < -0.39 is 5.97 Å². The van der Waals surface area contributed by atoms with Crippen molar-refractivity contribution in [2.75, 3.05) is 0 Å². The molecule has 2 aromatic rings. The van der Waals surface area contributed by atoms with Gasteiger partial charge in [-0.05, 0) is 18.6 Å². The van der Waals surface area contributed by atoms with Gasteiger partial charge < -0.3 is 9.67 Å². The van der Waals surface area contributed by atoms with Gasteiger partial charge in [0.15, 0.2) is 0 Å². The molecule has 0 fully saturated rings. The fourth-order valence-corrected chi connectivity index (χ4v) is 1.91. The van der Waals surface area contributed by atoms with Gasteiger partial charge in [-0.1, -0.05) is 19.1 Å². The van der Waals surface area contributed by atoms with Crippen LogP contribution in [0.1, 0.15) is 25.8 Å². The summed E-state index contributed by atoms with van der Waals surface area (Å²) >= 11 is 0. The van der Waals surface area contributed by atoms with E-state index in [0.29, 0.717) is 0 Å². The monoisotopic (exact) mass is 218 g/mol. The van der Waals surface area contributed by atoms with Crippen molar-refractivity contribution in [2.45, 2.75) is 25.8 Å². The summed E-state index contributed by atoms with van der Waals surface area (Å²) in [4.78, 5) is 15.0. The molecule has 16 heavy (non-hydrogen) atoms. The van der Waals surface area contributed by atoms with Crippen molar-refractivity contribution in [3.05, 3.63) is 30.6 Å². The van der Waals surface area contributed by atoms with Crippen LogP contribution in [0.25, 0.3) is 11.0 Å². The Morgan fingerprint density at radius 3 is 2.94 bits per heavy atom. The topological polar surface area (TPSA) is 55.1 Å². The first-order chi connectivity index (χ1) is 7.72. The molecule has 0 aliphatic heterocycles. The first kappa shape index (κ1) is 10.7. The molecule has 0 aliphatic rings. The van der Waals surface area contributed by atoms with Gasteiger partial charge in [0, 0.05) is 6.04 Å². The molecule has 0 radical (unpaired) electrons. The standard InChI is InChI=1S/C12H14N2O2/c1-2-9(7-12(15)16)14-8-13-10-5-3-4-6-11(10)14/h3-6,8-9H,2,7H2,1H3,(H,15,16). The zero-order chi connectivity index (χ0) is 11.5. The Morgan fingerprint density at radius 2 is 2.25 bits per heavy atom. The van der Waals surface area contributed by atoms with Crippen molar-refractivity contribution in [1.29, 1.82) is 0 Å². The van der Waals surface area contributed by atoms with E-state index in [1.54, 1.807) is 6.33 Å². The molecule has 0 bridgehead atoms. The van der Waals surface area contributed by atoms with Crippen molar-refractivity contribution in [3.63, 3.8) is 0 Å². The number of aromatic nitrogens is 2. The number of imidazole rings is 1. The SMILES string of the molecule is CCC(CC(=O)O)n1cnc2ccccc21. The van der Waals surface area contributed by atoms with E-state index in [0.717, 1.165) is 17.5 Å². The molecule has 1 unspecified atom stereocenters. The summed E-state index contributed by atoms with van der Waals surface area (Å²) in [6.45, 7) is 1.99. The maximum atomic E-state index is 10.8. The molecule has 2 rings (SSSR count). The van der Waals surface area contributed by atoms with Crippen LogP contribution >= 0.6 is 0 Å². The molecule has 0 saturated heterocycles. The first-order valence-electron chi connectivity index (χ1n) is 5.35. The Kier molecular flexibility index (Phi) is 2.90. The summed E-state index contributed by atoms with van der Waals surface area (Å²) in [5.74, 6) is -0.773. The van der Waals surface area contributed by atoms with Gasteiger partial charge in [-0.3, -0.25) is 4.79 Å². The number of para-hydroxylation sites is 2. The lowest BCUT2D eigenvalue weighted by Crippen LogP contribution is -2.11. The molecular formula is C12H14N2O2. The molecule has 0 saturated carbocycles. The van der Waals surface area contributed by atoms with Crippen LogP contribution in [-0.2, 0) is 4.79 Å². The van der Waals surface area contributed by atoms with E-state index in [4.69, 9.17) is 5.11 Å². The number of hydrogen-bond donors (Lipinski definition) is 1. The largest absolute Gasteiger partial charge is 0.481 e. The van der Waals surface area contributed by atoms with E-state index in [1.807, 2.05) is 35.8 Å². The third-order valence-electron chi connectivity index (χ3n) is 2.76. The van der Waals surface area contributed by atoms with Crippen molar-refractivity contribution >= 4 is 17.0 Å².